The second kappa shape index (κ2) is 2.99. The molecule has 0 aromatic carbocycles. The van der Waals surface area contributed by atoms with Crippen molar-refractivity contribution in [1.29, 1.82) is 0 Å². The lowest BCUT2D eigenvalue weighted by atomic mass is 10.3. The van der Waals surface area contributed by atoms with Gasteiger partial charge in [-0.1, -0.05) is 0 Å². The largest absolute Gasteiger partial charge is 0.465 e. The molecule has 0 saturated heterocycles. The molecule has 0 aliphatic rings. The number of methoxy groups -OCH3 is 1. The number of rotatable bonds is 1. The molecule has 6 heteroatoms. The average Bonchev–Trinajstić information content (AvgIpc) is 2.55. The van der Waals surface area contributed by atoms with Gasteiger partial charge in [-0.15, -0.1) is 0 Å². The van der Waals surface area contributed by atoms with Gasteiger partial charge in [0.1, 0.15) is 0 Å². The van der Waals surface area contributed by atoms with Crippen LogP contribution in [0.15, 0.2) is 12.3 Å². The summed E-state index contributed by atoms with van der Waals surface area (Å²) in [5, 5.41) is 0. The quantitative estimate of drug-likeness (QED) is 0.635. The summed E-state index contributed by atoms with van der Waals surface area (Å²) in [5.74, 6) is -0.165. The van der Waals surface area contributed by atoms with Crippen molar-refractivity contribution >= 4 is 23.1 Å². The number of anilines is 1. The highest BCUT2D eigenvalue weighted by Gasteiger charge is 2.08. The number of ether oxygens (including phenoxy) is 1. The predicted octanol–water partition coefficient (Wildman–Crippen LogP) is 0.327. The van der Waals surface area contributed by atoms with E-state index in [0.717, 1.165) is 0 Å². The van der Waals surface area contributed by atoms with Crippen LogP contribution in [0.2, 0.25) is 0 Å². The standard InChI is InChI=1S/C8H8N4O2/c1-14-7(13)4-2-5-6(10-3-4)12-8(9)11-5/h2-3H,1H3,(H3,9,10,11,12). The summed E-state index contributed by atoms with van der Waals surface area (Å²) in [6, 6.07) is 1.59. The summed E-state index contributed by atoms with van der Waals surface area (Å²) < 4.78 is 4.55. The molecule has 14 heavy (non-hydrogen) atoms. The normalized spacial score (nSPS) is 10.4. The first-order valence-electron chi connectivity index (χ1n) is 3.90. The Kier molecular flexibility index (Phi) is 1.81. The molecular formula is C8H8N4O2. The molecule has 2 rings (SSSR count). The van der Waals surface area contributed by atoms with Crippen molar-refractivity contribution in [1.82, 2.24) is 15.0 Å². The lowest BCUT2D eigenvalue weighted by Gasteiger charge is -1.96. The molecule has 0 spiro atoms. The number of nitrogens with zero attached hydrogens (tertiary/aromatic N) is 2. The zero-order valence-electron chi connectivity index (χ0n) is 7.44. The highest BCUT2D eigenvalue weighted by Crippen LogP contribution is 2.11. The van der Waals surface area contributed by atoms with Gasteiger partial charge in [-0.25, -0.2) is 9.78 Å². The molecular weight excluding hydrogens is 184 g/mol. The minimum Gasteiger partial charge on any atom is -0.465 e. The maximum absolute atomic E-state index is 11.1. The van der Waals surface area contributed by atoms with Crippen LogP contribution in [-0.4, -0.2) is 28.0 Å². The SMILES string of the molecule is COC(=O)c1cnc2nc(N)[nH]c2c1. The number of H-pyrrole nitrogens is 1. The molecule has 0 saturated carbocycles. The first-order chi connectivity index (χ1) is 6.70. The number of esters is 1. The van der Waals surface area contributed by atoms with Crippen LogP contribution in [0, 0.1) is 0 Å². The molecule has 2 aromatic heterocycles. The number of nitrogens with two attached hydrogens (primary N) is 1. The van der Waals surface area contributed by atoms with Crippen LogP contribution in [-0.2, 0) is 4.74 Å². The number of carbonyl (C=O) groups is 1. The first-order valence-corrected chi connectivity index (χ1v) is 3.90. The summed E-state index contributed by atoms with van der Waals surface area (Å²) in [7, 11) is 1.31. The van der Waals surface area contributed by atoms with Crippen molar-refractivity contribution in [2.75, 3.05) is 12.8 Å². The van der Waals surface area contributed by atoms with E-state index in [0.29, 0.717) is 16.7 Å². The Morgan fingerprint density at radius 2 is 2.43 bits per heavy atom. The van der Waals surface area contributed by atoms with E-state index in [1.54, 1.807) is 6.07 Å². The number of hydrogen-bond acceptors (Lipinski definition) is 5. The lowest BCUT2D eigenvalue weighted by Crippen LogP contribution is -2.01. The second-order valence-corrected chi connectivity index (χ2v) is 2.71. The van der Waals surface area contributed by atoms with Crippen molar-refractivity contribution in [3.8, 4) is 0 Å². The number of imidazole rings is 1. The van der Waals surface area contributed by atoms with Crippen molar-refractivity contribution in [3.05, 3.63) is 17.8 Å². The smallest absolute Gasteiger partial charge is 0.339 e. The molecule has 0 aliphatic carbocycles. The Balaban J connectivity index is 2.55. The number of hydrogen-bond donors (Lipinski definition) is 2. The number of aromatic amines is 1. The molecule has 6 nitrogen and oxygen atoms in total. The van der Waals surface area contributed by atoms with Gasteiger partial charge in [0.2, 0.25) is 0 Å². The summed E-state index contributed by atoms with van der Waals surface area (Å²) in [6.07, 6.45) is 1.40. The van der Waals surface area contributed by atoms with E-state index in [1.807, 2.05) is 0 Å². The van der Waals surface area contributed by atoms with Crippen molar-refractivity contribution < 1.29 is 9.53 Å². The van der Waals surface area contributed by atoms with Gasteiger partial charge in [-0.3, -0.25) is 0 Å². The van der Waals surface area contributed by atoms with E-state index in [-0.39, 0.29) is 5.95 Å². The highest BCUT2D eigenvalue weighted by molar-refractivity contribution is 5.92. The van der Waals surface area contributed by atoms with E-state index in [2.05, 4.69) is 19.7 Å². The van der Waals surface area contributed by atoms with Gasteiger partial charge in [0.25, 0.3) is 0 Å². The van der Waals surface area contributed by atoms with Gasteiger partial charge in [0, 0.05) is 6.20 Å². The molecule has 72 valence electrons. The Bertz CT molecular complexity index is 491. The van der Waals surface area contributed by atoms with E-state index < -0.39 is 5.97 Å². The fraction of sp³-hybridized carbons (Fsp3) is 0.125. The number of nitrogen functional groups attached to an aromatic ring is 1. The van der Waals surface area contributed by atoms with Crippen LogP contribution in [0.5, 0.6) is 0 Å². The number of carbonyl (C=O) groups excluding carboxylic acids is 1. The molecule has 2 aromatic rings. The molecule has 3 N–H and O–H groups in total. The Hall–Kier alpha value is -2.11. The van der Waals surface area contributed by atoms with Crippen molar-refractivity contribution in [2.45, 2.75) is 0 Å². The second-order valence-electron chi connectivity index (χ2n) is 2.71. The van der Waals surface area contributed by atoms with E-state index in [4.69, 9.17) is 5.73 Å². The van der Waals surface area contributed by atoms with E-state index >= 15 is 0 Å². The third-order valence-corrected chi connectivity index (χ3v) is 1.78. The van der Waals surface area contributed by atoms with Crippen molar-refractivity contribution in [2.24, 2.45) is 0 Å². The van der Waals surface area contributed by atoms with Gasteiger partial charge < -0.3 is 15.5 Å². The third-order valence-electron chi connectivity index (χ3n) is 1.78. The van der Waals surface area contributed by atoms with Gasteiger partial charge in [-0.2, -0.15) is 4.98 Å². The molecule has 0 aliphatic heterocycles. The molecule has 0 bridgehead atoms. The summed E-state index contributed by atoms with van der Waals surface area (Å²) in [5.41, 5.74) is 6.89. The van der Waals surface area contributed by atoms with E-state index in [1.165, 1.54) is 13.3 Å². The van der Waals surface area contributed by atoms with Crippen LogP contribution in [0.25, 0.3) is 11.2 Å². The molecule has 2 heterocycles. The minimum absolute atomic E-state index is 0.273. The summed E-state index contributed by atoms with van der Waals surface area (Å²) >= 11 is 0. The molecule has 0 radical (unpaired) electrons. The maximum Gasteiger partial charge on any atom is 0.339 e. The van der Waals surface area contributed by atoms with E-state index in [9.17, 15) is 4.79 Å². The van der Waals surface area contributed by atoms with Crippen LogP contribution in [0.1, 0.15) is 10.4 Å². The summed E-state index contributed by atoms with van der Waals surface area (Å²) in [6.45, 7) is 0. The monoisotopic (exact) mass is 192 g/mol. The zero-order chi connectivity index (χ0) is 10.1. The van der Waals surface area contributed by atoms with Crippen LogP contribution in [0.3, 0.4) is 0 Å². The fourth-order valence-corrected chi connectivity index (χ4v) is 1.15. The average molecular weight is 192 g/mol. The Morgan fingerprint density at radius 1 is 1.64 bits per heavy atom. The highest BCUT2D eigenvalue weighted by atomic mass is 16.5. The maximum atomic E-state index is 11.1. The van der Waals surface area contributed by atoms with Gasteiger partial charge in [0.15, 0.2) is 11.6 Å². The first kappa shape index (κ1) is 8.49. The topological polar surface area (TPSA) is 93.9 Å². The Labute approximate surface area is 79.1 Å². The van der Waals surface area contributed by atoms with Gasteiger partial charge in [-0.05, 0) is 6.07 Å². The number of aromatic nitrogens is 3. The van der Waals surface area contributed by atoms with Crippen LogP contribution in [0.4, 0.5) is 5.95 Å². The number of fused-ring (bicyclic) bond motifs is 1. The van der Waals surface area contributed by atoms with Crippen LogP contribution >= 0.6 is 0 Å². The predicted molar refractivity (Wildman–Crippen MR) is 49.6 cm³/mol. The lowest BCUT2D eigenvalue weighted by molar-refractivity contribution is 0.0600. The zero-order valence-corrected chi connectivity index (χ0v) is 7.44. The number of pyridine rings is 1. The fourth-order valence-electron chi connectivity index (χ4n) is 1.15. The van der Waals surface area contributed by atoms with Crippen LogP contribution < -0.4 is 5.73 Å². The summed E-state index contributed by atoms with van der Waals surface area (Å²) in [4.78, 5) is 21.8. The van der Waals surface area contributed by atoms with Gasteiger partial charge >= 0.3 is 5.97 Å². The molecule has 0 fully saturated rings. The molecule has 0 amide bonds. The van der Waals surface area contributed by atoms with Crippen molar-refractivity contribution in [3.63, 3.8) is 0 Å². The Morgan fingerprint density at radius 3 is 3.14 bits per heavy atom. The van der Waals surface area contributed by atoms with Gasteiger partial charge in [0.05, 0.1) is 18.2 Å². The number of nitrogens with one attached hydrogen (secondary N) is 1. The third kappa shape index (κ3) is 1.26. The minimum atomic E-state index is -0.437. The molecule has 0 atom stereocenters. The molecule has 0 unspecified atom stereocenters.